The Morgan fingerprint density at radius 3 is 2.95 bits per heavy atom. The van der Waals surface area contributed by atoms with E-state index in [-0.39, 0.29) is 16.6 Å². The average molecular weight is 337 g/mol. The van der Waals surface area contributed by atoms with Crippen LogP contribution in [0.5, 0.6) is 5.75 Å². The summed E-state index contributed by atoms with van der Waals surface area (Å²) in [4.78, 5) is 17.0. The van der Waals surface area contributed by atoms with Gasteiger partial charge in [0, 0.05) is 22.2 Å². The Bertz CT molecular complexity index is 756. The molecule has 0 saturated carbocycles. The van der Waals surface area contributed by atoms with Crippen molar-refractivity contribution in [3.8, 4) is 5.75 Å². The maximum absolute atomic E-state index is 12.4. The van der Waals surface area contributed by atoms with Gasteiger partial charge in [-0.1, -0.05) is 23.4 Å². The molecule has 4 nitrogen and oxygen atoms in total. The molecule has 1 unspecified atom stereocenters. The second kappa shape index (κ2) is 5.63. The molecule has 21 heavy (non-hydrogen) atoms. The summed E-state index contributed by atoms with van der Waals surface area (Å²) in [5.74, 6) is -0.744. The lowest BCUT2D eigenvalue weighted by Crippen LogP contribution is -2.11. The Hall–Kier alpha value is -1.63. The number of nitrogens with zero attached hydrogens (tertiary/aromatic N) is 1. The Morgan fingerprint density at radius 1 is 1.43 bits per heavy atom. The van der Waals surface area contributed by atoms with Crippen LogP contribution in [-0.4, -0.2) is 20.9 Å². The van der Waals surface area contributed by atoms with E-state index in [1.807, 2.05) is 0 Å². The number of carbonyl (C=O) groups excluding carboxylic acids is 1. The second-order valence-corrected chi connectivity index (χ2v) is 6.79. The largest absolute Gasteiger partial charge is 0.507 e. The van der Waals surface area contributed by atoms with Crippen LogP contribution in [0.3, 0.4) is 0 Å². The Morgan fingerprint density at radius 2 is 2.24 bits per heavy atom. The minimum Gasteiger partial charge on any atom is -0.507 e. The topological polar surface area (TPSA) is 74.0 Å². The van der Waals surface area contributed by atoms with Gasteiger partial charge in [0.1, 0.15) is 16.7 Å². The molecule has 0 bridgehead atoms. The fourth-order valence-electron chi connectivity index (χ4n) is 1.97. The van der Waals surface area contributed by atoms with E-state index in [4.69, 9.17) is 17.0 Å². The standard InChI is InChI=1S/C14H9ClN2O2S2/c15-8-1-2-9(18)7(5-8)6-10-12(19)11(13(16)21-10)14-17-3-4-20-14/h1-6,11,16,18H. The number of hydrogen-bond acceptors (Lipinski definition) is 6. The van der Waals surface area contributed by atoms with Crippen molar-refractivity contribution in [2.24, 2.45) is 0 Å². The van der Waals surface area contributed by atoms with Crippen LogP contribution in [0.4, 0.5) is 0 Å². The number of aromatic nitrogens is 1. The van der Waals surface area contributed by atoms with Crippen LogP contribution >= 0.6 is 34.7 Å². The smallest absolute Gasteiger partial charge is 0.186 e. The first-order valence-electron chi connectivity index (χ1n) is 5.96. The predicted octanol–water partition coefficient (Wildman–Crippen LogP) is 3.92. The first-order valence-corrected chi connectivity index (χ1v) is 8.04. The lowest BCUT2D eigenvalue weighted by Gasteiger charge is -2.02. The van der Waals surface area contributed by atoms with Crippen molar-refractivity contribution in [2.75, 3.05) is 0 Å². The normalized spacial score (nSPS) is 20.4. The highest BCUT2D eigenvalue weighted by Gasteiger charge is 2.38. The molecular weight excluding hydrogens is 328 g/mol. The molecule has 3 rings (SSSR count). The van der Waals surface area contributed by atoms with Crippen molar-refractivity contribution < 1.29 is 9.90 Å². The number of thioether (sulfide) groups is 1. The fraction of sp³-hybridized carbons (Fsp3) is 0.0714. The summed E-state index contributed by atoms with van der Waals surface area (Å²) in [5.41, 5.74) is 0.464. The number of benzene rings is 1. The number of allylic oxidation sites excluding steroid dienone is 1. The summed E-state index contributed by atoms with van der Waals surface area (Å²) in [6.07, 6.45) is 3.19. The van der Waals surface area contributed by atoms with Crippen LogP contribution in [0.15, 0.2) is 34.7 Å². The van der Waals surface area contributed by atoms with Crippen molar-refractivity contribution >= 4 is 51.6 Å². The number of phenolic OH excluding ortho intramolecular Hbond substituents is 1. The molecular formula is C14H9ClN2O2S2. The number of phenols is 1. The van der Waals surface area contributed by atoms with Gasteiger partial charge in [0.25, 0.3) is 0 Å². The molecule has 2 N–H and O–H groups in total. The van der Waals surface area contributed by atoms with Gasteiger partial charge in [-0.15, -0.1) is 11.3 Å². The van der Waals surface area contributed by atoms with E-state index in [2.05, 4.69) is 4.98 Å². The molecule has 1 aliphatic rings. The number of hydrogen-bond donors (Lipinski definition) is 2. The summed E-state index contributed by atoms with van der Waals surface area (Å²) in [7, 11) is 0. The average Bonchev–Trinajstić information content (AvgIpc) is 3.03. The molecule has 1 fully saturated rings. The van der Waals surface area contributed by atoms with Crippen molar-refractivity contribution in [3.05, 3.63) is 50.3 Å². The molecule has 1 aromatic carbocycles. The Labute approximate surface area is 134 Å². The molecule has 0 aliphatic carbocycles. The van der Waals surface area contributed by atoms with E-state index in [0.717, 1.165) is 11.8 Å². The second-order valence-electron chi connectivity index (χ2n) is 4.35. The highest BCUT2D eigenvalue weighted by atomic mass is 35.5. The first kappa shape index (κ1) is 14.3. The number of halogens is 1. The fourth-order valence-corrected chi connectivity index (χ4v) is 3.95. The zero-order chi connectivity index (χ0) is 15.0. The van der Waals surface area contributed by atoms with Crippen LogP contribution in [0.25, 0.3) is 6.08 Å². The van der Waals surface area contributed by atoms with E-state index >= 15 is 0 Å². The highest BCUT2D eigenvalue weighted by Crippen LogP contribution is 2.41. The number of thiazole rings is 1. The van der Waals surface area contributed by atoms with Gasteiger partial charge in [-0.25, -0.2) is 4.98 Å². The number of carbonyl (C=O) groups is 1. The van der Waals surface area contributed by atoms with Crippen molar-refractivity contribution in [1.29, 1.82) is 5.41 Å². The number of Topliss-reactive ketones (excluding diaryl/α,β-unsaturated/α-hetero) is 1. The van der Waals surface area contributed by atoms with Crippen molar-refractivity contribution in [3.63, 3.8) is 0 Å². The molecule has 106 valence electrons. The summed E-state index contributed by atoms with van der Waals surface area (Å²) in [5, 5.41) is 20.9. The maximum Gasteiger partial charge on any atom is 0.186 e. The van der Waals surface area contributed by atoms with Gasteiger partial charge >= 0.3 is 0 Å². The van der Waals surface area contributed by atoms with Gasteiger partial charge in [0.2, 0.25) is 0 Å². The number of aromatic hydroxyl groups is 1. The molecule has 0 radical (unpaired) electrons. The molecule has 0 amide bonds. The molecule has 1 atom stereocenters. The third-order valence-electron chi connectivity index (χ3n) is 2.96. The lowest BCUT2D eigenvalue weighted by atomic mass is 10.0. The van der Waals surface area contributed by atoms with Gasteiger partial charge in [0.05, 0.1) is 9.95 Å². The van der Waals surface area contributed by atoms with Crippen LogP contribution < -0.4 is 0 Å². The van der Waals surface area contributed by atoms with E-state index in [1.54, 1.807) is 29.8 Å². The highest BCUT2D eigenvalue weighted by molar-refractivity contribution is 8.19. The van der Waals surface area contributed by atoms with Gasteiger partial charge in [0.15, 0.2) is 5.78 Å². The minimum absolute atomic E-state index is 0.0459. The zero-order valence-electron chi connectivity index (χ0n) is 10.5. The maximum atomic E-state index is 12.4. The number of ketones is 1. The SMILES string of the molecule is N=C1SC(=Cc2cc(Cl)ccc2O)C(=O)C1c1nccs1. The molecule has 0 spiro atoms. The molecule has 1 saturated heterocycles. The summed E-state index contributed by atoms with van der Waals surface area (Å²) in [6.45, 7) is 0. The quantitative estimate of drug-likeness (QED) is 0.815. The predicted molar refractivity (Wildman–Crippen MR) is 86.3 cm³/mol. The summed E-state index contributed by atoms with van der Waals surface area (Å²) < 4.78 is 0. The van der Waals surface area contributed by atoms with Crippen LogP contribution in [0.1, 0.15) is 16.5 Å². The van der Waals surface area contributed by atoms with Gasteiger partial charge in [-0.3, -0.25) is 10.2 Å². The van der Waals surface area contributed by atoms with Crippen LogP contribution in [0.2, 0.25) is 5.02 Å². The first-order chi connectivity index (χ1) is 10.1. The molecule has 1 aliphatic heterocycles. The Balaban J connectivity index is 1.97. The summed E-state index contributed by atoms with van der Waals surface area (Å²) in [6, 6.07) is 4.63. The third kappa shape index (κ3) is 2.74. The minimum atomic E-state index is -0.623. The van der Waals surface area contributed by atoms with E-state index in [9.17, 15) is 9.90 Å². The third-order valence-corrected chi connectivity index (χ3v) is 5.03. The van der Waals surface area contributed by atoms with Gasteiger partial charge < -0.3 is 5.11 Å². The van der Waals surface area contributed by atoms with E-state index in [0.29, 0.717) is 20.5 Å². The van der Waals surface area contributed by atoms with E-state index < -0.39 is 5.92 Å². The molecule has 2 heterocycles. The van der Waals surface area contributed by atoms with Gasteiger partial charge in [-0.2, -0.15) is 0 Å². The molecule has 2 aromatic rings. The monoisotopic (exact) mass is 336 g/mol. The van der Waals surface area contributed by atoms with Crippen LogP contribution in [0, 0.1) is 5.41 Å². The molecule has 7 heteroatoms. The zero-order valence-corrected chi connectivity index (χ0v) is 12.9. The summed E-state index contributed by atoms with van der Waals surface area (Å²) >= 11 is 8.35. The van der Waals surface area contributed by atoms with Gasteiger partial charge in [-0.05, 0) is 24.3 Å². The molecule has 1 aromatic heterocycles. The van der Waals surface area contributed by atoms with E-state index in [1.165, 1.54) is 17.4 Å². The lowest BCUT2D eigenvalue weighted by molar-refractivity contribution is -0.114. The number of nitrogens with one attached hydrogen (secondary N) is 1. The van der Waals surface area contributed by atoms with Crippen molar-refractivity contribution in [1.82, 2.24) is 4.98 Å². The number of rotatable bonds is 2. The Kier molecular flexibility index (Phi) is 3.84. The van der Waals surface area contributed by atoms with Crippen molar-refractivity contribution in [2.45, 2.75) is 5.92 Å². The van der Waals surface area contributed by atoms with Crippen LogP contribution in [-0.2, 0) is 4.79 Å².